The second-order valence-electron chi connectivity index (χ2n) is 8.98. The number of nitrogens with one attached hydrogen (secondary N) is 2. The molecular formula is C24H24BrN9OS. The highest BCUT2D eigenvalue weighted by molar-refractivity contribution is 9.10. The zero-order valence-corrected chi connectivity index (χ0v) is 22.4. The third kappa shape index (κ3) is 4.22. The normalized spacial score (nSPS) is 20.2. The van der Waals surface area contributed by atoms with E-state index in [0.29, 0.717) is 29.0 Å². The number of benzene rings is 1. The molecule has 4 aromatic rings. The Hall–Kier alpha value is -3.43. The van der Waals surface area contributed by atoms with Crippen LogP contribution in [0.3, 0.4) is 0 Å². The second kappa shape index (κ2) is 9.55. The van der Waals surface area contributed by atoms with Crippen molar-refractivity contribution in [2.24, 2.45) is 11.3 Å². The Morgan fingerprint density at radius 1 is 1.33 bits per heavy atom. The van der Waals surface area contributed by atoms with Crippen molar-refractivity contribution in [2.75, 3.05) is 12.4 Å². The monoisotopic (exact) mass is 565 g/mol. The fraction of sp³-hybridized carbons (Fsp3) is 0.375. The van der Waals surface area contributed by atoms with Crippen LogP contribution in [0.15, 0.2) is 35.1 Å². The summed E-state index contributed by atoms with van der Waals surface area (Å²) in [6.45, 7) is 3.75. The van der Waals surface area contributed by atoms with Crippen molar-refractivity contribution < 1.29 is 4.79 Å². The molecule has 3 aromatic heterocycles. The number of carbonyl (C=O) groups excluding carboxylic acids is 1. The summed E-state index contributed by atoms with van der Waals surface area (Å²) in [6.07, 6.45) is 3.65. The van der Waals surface area contributed by atoms with Gasteiger partial charge in [-0.15, -0.1) is 10.2 Å². The van der Waals surface area contributed by atoms with Gasteiger partial charge in [0.15, 0.2) is 5.65 Å². The molecule has 1 amide bonds. The average molecular weight is 566 g/mol. The van der Waals surface area contributed by atoms with Gasteiger partial charge in [-0.25, -0.2) is 9.67 Å². The lowest BCUT2D eigenvalue weighted by molar-refractivity contribution is -0.132. The average Bonchev–Trinajstić information content (AvgIpc) is 3.61. The van der Waals surface area contributed by atoms with Crippen molar-refractivity contribution in [1.29, 1.82) is 5.26 Å². The summed E-state index contributed by atoms with van der Waals surface area (Å²) in [7, 11) is 1.62. The fourth-order valence-corrected chi connectivity index (χ4v) is 5.96. The third-order valence-corrected chi connectivity index (χ3v) is 8.32. The van der Waals surface area contributed by atoms with Crippen LogP contribution in [0.4, 0.5) is 5.95 Å². The molecule has 0 spiro atoms. The van der Waals surface area contributed by atoms with Crippen LogP contribution in [0.1, 0.15) is 31.2 Å². The number of aromatic nitrogens is 6. The fourth-order valence-electron chi connectivity index (χ4n) is 4.83. The summed E-state index contributed by atoms with van der Waals surface area (Å²) in [5.41, 5.74) is 1.77. The van der Waals surface area contributed by atoms with Gasteiger partial charge in [-0.3, -0.25) is 4.79 Å². The van der Waals surface area contributed by atoms with Gasteiger partial charge in [0.25, 0.3) is 0 Å². The van der Waals surface area contributed by atoms with E-state index in [-0.39, 0.29) is 11.9 Å². The summed E-state index contributed by atoms with van der Waals surface area (Å²) in [4.78, 5) is 21.9. The minimum absolute atomic E-state index is 0.0231. The zero-order valence-electron chi connectivity index (χ0n) is 20.0. The van der Waals surface area contributed by atoms with Crippen molar-refractivity contribution in [3.63, 3.8) is 0 Å². The van der Waals surface area contributed by atoms with Crippen LogP contribution in [-0.4, -0.2) is 48.9 Å². The Kier molecular flexibility index (Phi) is 6.44. The number of carbonyl (C=O) groups is 1. The molecule has 12 heteroatoms. The summed E-state index contributed by atoms with van der Waals surface area (Å²) < 4.78 is 2.41. The van der Waals surface area contributed by atoms with E-state index in [1.54, 1.807) is 29.3 Å². The van der Waals surface area contributed by atoms with Crippen LogP contribution in [0.25, 0.3) is 27.3 Å². The molecule has 2 N–H and O–H groups in total. The lowest BCUT2D eigenvalue weighted by Gasteiger charge is -2.29. The molecule has 1 aliphatic rings. The molecule has 36 heavy (non-hydrogen) atoms. The van der Waals surface area contributed by atoms with E-state index < -0.39 is 11.3 Å². The Balaban J connectivity index is 1.42. The largest absolute Gasteiger partial charge is 0.359 e. The van der Waals surface area contributed by atoms with Gasteiger partial charge in [-0.2, -0.15) is 15.3 Å². The van der Waals surface area contributed by atoms with Gasteiger partial charge >= 0.3 is 0 Å². The molecule has 0 bridgehead atoms. The standard InChI is InChI=1S/C24H24BrN9OS/c1-13(11-26)24(22(35)27-3)9-8-16(10-24)29-23-28-12-18-19(25)33-34(20(18)30-23)17-6-4-15(5-7-17)21-32-31-14(2)36-21/h4-7,12-13,16H,8-10H2,1-3H3,(H,27,35)(H,28,29,30)/t13?,16-,24?/m1/s1. The number of hydrogen-bond acceptors (Lipinski definition) is 9. The molecule has 10 nitrogen and oxygen atoms in total. The molecular weight excluding hydrogens is 542 g/mol. The molecule has 1 fully saturated rings. The van der Waals surface area contributed by atoms with E-state index >= 15 is 0 Å². The zero-order chi connectivity index (χ0) is 25.4. The number of hydrogen-bond donors (Lipinski definition) is 2. The number of fused-ring (bicyclic) bond motifs is 1. The lowest BCUT2D eigenvalue weighted by Crippen LogP contribution is -2.42. The quantitative estimate of drug-likeness (QED) is 0.354. The summed E-state index contributed by atoms with van der Waals surface area (Å²) in [6, 6.07) is 10.2. The van der Waals surface area contributed by atoms with Gasteiger partial charge in [-0.1, -0.05) is 11.3 Å². The van der Waals surface area contributed by atoms with E-state index in [4.69, 9.17) is 4.98 Å². The maximum absolute atomic E-state index is 12.7. The first-order valence-corrected chi connectivity index (χ1v) is 13.2. The first-order valence-electron chi connectivity index (χ1n) is 11.5. The third-order valence-electron chi connectivity index (χ3n) is 6.85. The number of nitriles is 1. The molecule has 1 aromatic carbocycles. The van der Waals surface area contributed by atoms with Crippen LogP contribution in [0.5, 0.6) is 0 Å². The number of aryl methyl sites for hydroxylation is 1. The van der Waals surface area contributed by atoms with Gasteiger partial charge < -0.3 is 10.6 Å². The van der Waals surface area contributed by atoms with Gasteiger partial charge in [0.05, 0.1) is 28.5 Å². The first-order chi connectivity index (χ1) is 17.3. The van der Waals surface area contributed by atoms with Gasteiger partial charge in [0.2, 0.25) is 11.9 Å². The van der Waals surface area contributed by atoms with E-state index in [2.05, 4.69) is 52.9 Å². The second-order valence-corrected chi connectivity index (χ2v) is 10.9. The Morgan fingerprint density at radius 3 is 2.78 bits per heavy atom. The molecule has 0 saturated heterocycles. The number of anilines is 1. The highest BCUT2D eigenvalue weighted by atomic mass is 79.9. The van der Waals surface area contributed by atoms with E-state index in [1.807, 2.05) is 38.1 Å². The highest BCUT2D eigenvalue weighted by Crippen LogP contribution is 2.45. The summed E-state index contributed by atoms with van der Waals surface area (Å²) in [5, 5.41) is 31.2. The summed E-state index contributed by atoms with van der Waals surface area (Å²) in [5.74, 6) is -0.0251. The topological polar surface area (TPSA) is 134 Å². The predicted molar refractivity (Wildman–Crippen MR) is 141 cm³/mol. The molecule has 0 radical (unpaired) electrons. The molecule has 5 rings (SSSR count). The molecule has 0 aliphatic heterocycles. The number of rotatable bonds is 6. The molecule has 3 atom stereocenters. The van der Waals surface area contributed by atoms with E-state index in [0.717, 1.165) is 33.1 Å². The number of nitrogens with zero attached hydrogens (tertiary/aromatic N) is 7. The van der Waals surface area contributed by atoms with Gasteiger partial charge in [0, 0.05) is 24.8 Å². The predicted octanol–water partition coefficient (Wildman–Crippen LogP) is 4.26. The van der Waals surface area contributed by atoms with Gasteiger partial charge in [0.1, 0.15) is 14.6 Å². The maximum atomic E-state index is 12.7. The van der Waals surface area contributed by atoms with E-state index in [1.165, 1.54) is 0 Å². The number of halogens is 1. The molecule has 184 valence electrons. The Bertz CT molecular complexity index is 1480. The molecule has 3 heterocycles. The molecule has 1 saturated carbocycles. The van der Waals surface area contributed by atoms with Gasteiger partial charge in [-0.05, 0) is 73.3 Å². The minimum atomic E-state index is -0.719. The minimum Gasteiger partial charge on any atom is -0.359 e. The van der Waals surface area contributed by atoms with Crippen molar-refractivity contribution in [3.8, 4) is 22.3 Å². The molecule has 2 unspecified atom stereocenters. The van der Waals surface area contributed by atoms with Crippen LogP contribution in [-0.2, 0) is 4.79 Å². The van der Waals surface area contributed by atoms with Crippen LogP contribution in [0.2, 0.25) is 0 Å². The van der Waals surface area contributed by atoms with Crippen molar-refractivity contribution in [3.05, 3.63) is 40.1 Å². The SMILES string of the molecule is CNC(=O)C1(C(C)C#N)CC[C@@H](Nc2ncc3c(Br)nn(-c4ccc(-c5nnc(C)s5)cc4)c3n2)C1. The highest BCUT2D eigenvalue weighted by Gasteiger charge is 2.49. The van der Waals surface area contributed by atoms with E-state index in [9.17, 15) is 10.1 Å². The van der Waals surface area contributed by atoms with Crippen molar-refractivity contribution in [1.82, 2.24) is 35.3 Å². The van der Waals surface area contributed by atoms with Crippen LogP contribution in [0, 0.1) is 29.6 Å². The maximum Gasteiger partial charge on any atom is 0.227 e. The Morgan fingerprint density at radius 2 is 2.11 bits per heavy atom. The smallest absolute Gasteiger partial charge is 0.227 e. The van der Waals surface area contributed by atoms with Crippen LogP contribution < -0.4 is 10.6 Å². The first kappa shape index (κ1) is 24.3. The Labute approximate surface area is 220 Å². The van der Waals surface area contributed by atoms with Crippen molar-refractivity contribution >= 4 is 50.2 Å². The number of amides is 1. The van der Waals surface area contributed by atoms with Crippen LogP contribution >= 0.6 is 27.3 Å². The summed E-state index contributed by atoms with van der Waals surface area (Å²) >= 11 is 5.07. The van der Waals surface area contributed by atoms with Crippen molar-refractivity contribution in [2.45, 2.75) is 39.2 Å². The molecule has 1 aliphatic carbocycles. The lowest BCUT2D eigenvalue weighted by atomic mass is 9.74.